The minimum absolute atomic E-state index is 0.00970. The van der Waals surface area contributed by atoms with Gasteiger partial charge in [-0.1, -0.05) is 5.16 Å². The van der Waals surface area contributed by atoms with Crippen LogP contribution in [0.2, 0.25) is 0 Å². The monoisotopic (exact) mass is 550 g/mol. The van der Waals surface area contributed by atoms with Gasteiger partial charge in [-0.15, -0.1) is 0 Å². The van der Waals surface area contributed by atoms with Crippen LogP contribution in [0.25, 0.3) is 5.65 Å². The van der Waals surface area contributed by atoms with Crippen molar-refractivity contribution in [2.45, 2.75) is 57.0 Å². The summed E-state index contributed by atoms with van der Waals surface area (Å²) in [5.74, 6) is -8.13. The summed E-state index contributed by atoms with van der Waals surface area (Å²) in [7, 11) is 0. The average molecular weight is 551 g/mol. The maximum absolute atomic E-state index is 13.9. The topological polar surface area (TPSA) is 131 Å². The number of aromatic nitrogens is 5. The molecule has 3 aromatic rings. The van der Waals surface area contributed by atoms with Gasteiger partial charge in [-0.3, -0.25) is 4.79 Å². The zero-order chi connectivity index (χ0) is 27.5. The van der Waals surface area contributed by atoms with Crippen molar-refractivity contribution >= 4 is 17.6 Å². The Hall–Kier alpha value is -3.78. The van der Waals surface area contributed by atoms with Crippen molar-refractivity contribution in [3.63, 3.8) is 0 Å². The number of halogens is 4. The van der Waals surface area contributed by atoms with E-state index in [1.165, 1.54) is 15.6 Å². The lowest BCUT2D eigenvalue weighted by molar-refractivity contribution is -0.0495. The van der Waals surface area contributed by atoms with Gasteiger partial charge in [0.1, 0.15) is 5.69 Å². The standard InChI is InChI=1S/C24H26F4N8O3/c1-12-19(34-39-33-12)21(37)32-20(14-2-4-23(25,26)5-3-14)17-11-36-18(31-17)6-13(7-30-36)9-35-10-16-15(24(16,27)28)8-29-22(35)38/h6-7,11,14-16,20H,2-5,8-10H2,1H3,(H,29,38)(H,32,37)/t15-,16+,20-/m0/s1. The third-order valence-corrected chi connectivity index (χ3v) is 8.02. The zero-order valence-electron chi connectivity index (χ0n) is 20.9. The van der Waals surface area contributed by atoms with E-state index in [1.807, 2.05) is 0 Å². The largest absolute Gasteiger partial charge is 0.342 e. The highest BCUT2D eigenvalue weighted by Crippen LogP contribution is 2.55. The van der Waals surface area contributed by atoms with E-state index >= 15 is 0 Å². The van der Waals surface area contributed by atoms with Crippen molar-refractivity contribution in [2.75, 3.05) is 13.1 Å². The second-order valence-electron chi connectivity index (χ2n) is 10.6. The van der Waals surface area contributed by atoms with Gasteiger partial charge in [0.25, 0.3) is 11.8 Å². The molecule has 3 amide bonds. The second-order valence-corrected chi connectivity index (χ2v) is 10.6. The summed E-state index contributed by atoms with van der Waals surface area (Å²) in [5, 5.41) is 17.0. The molecule has 3 aromatic heterocycles. The Morgan fingerprint density at radius 2 is 2.00 bits per heavy atom. The number of hydrogen-bond acceptors (Lipinski definition) is 7. The molecule has 0 radical (unpaired) electrons. The van der Waals surface area contributed by atoms with Gasteiger partial charge >= 0.3 is 6.03 Å². The SMILES string of the molecule is Cc1nonc1C(=O)N[C@H](c1cn2ncc(CN3C[C@@H]4[C@H](CNC3=O)C4(F)F)cc2n1)C1CCC(F)(F)CC1. The number of rotatable bonds is 6. The Morgan fingerprint density at radius 1 is 1.23 bits per heavy atom. The van der Waals surface area contributed by atoms with Gasteiger partial charge in [0.2, 0.25) is 5.92 Å². The smallest absolute Gasteiger partial charge is 0.317 e. The van der Waals surface area contributed by atoms with E-state index < -0.39 is 41.7 Å². The molecule has 2 aliphatic carbocycles. The predicted molar refractivity (Wildman–Crippen MR) is 125 cm³/mol. The van der Waals surface area contributed by atoms with Gasteiger partial charge in [-0.25, -0.2) is 36.5 Å². The van der Waals surface area contributed by atoms with E-state index in [1.54, 1.807) is 19.2 Å². The molecule has 2 saturated carbocycles. The maximum Gasteiger partial charge on any atom is 0.317 e. The summed E-state index contributed by atoms with van der Waals surface area (Å²) in [4.78, 5) is 31.3. The van der Waals surface area contributed by atoms with E-state index in [2.05, 4.69) is 35.7 Å². The van der Waals surface area contributed by atoms with E-state index in [0.29, 0.717) is 16.9 Å². The van der Waals surface area contributed by atoms with E-state index in [0.717, 1.165) is 0 Å². The third kappa shape index (κ3) is 4.78. The molecule has 0 spiro atoms. The molecule has 0 bridgehead atoms. The summed E-state index contributed by atoms with van der Waals surface area (Å²) in [6.07, 6.45) is 2.87. The Kier molecular flexibility index (Phi) is 5.99. The first-order valence-electron chi connectivity index (χ1n) is 12.7. The Balaban J connectivity index is 1.25. The molecule has 4 heterocycles. The van der Waals surface area contributed by atoms with Crippen LogP contribution in [0.15, 0.2) is 23.1 Å². The number of carbonyl (C=O) groups is 2. The molecule has 0 unspecified atom stereocenters. The molecule has 3 atom stereocenters. The first-order chi connectivity index (χ1) is 18.5. The maximum atomic E-state index is 13.9. The van der Waals surface area contributed by atoms with E-state index in [4.69, 9.17) is 0 Å². The summed E-state index contributed by atoms with van der Waals surface area (Å²) in [6.45, 7) is 1.50. The molecule has 0 aromatic carbocycles. The lowest BCUT2D eigenvalue weighted by atomic mass is 9.81. The molecule has 3 aliphatic rings. The van der Waals surface area contributed by atoms with Gasteiger partial charge in [-0.05, 0) is 42.5 Å². The Labute approximate surface area is 219 Å². The van der Waals surface area contributed by atoms with Gasteiger partial charge in [-0.2, -0.15) is 5.10 Å². The quantitative estimate of drug-likeness (QED) is 0.451. The van der Waals surface area contributed by atoms with Crippen LogP contribution >= 0.6 is 0 Å². The molecule has 2 N–H and O–H groups in total. The Morgan fingerprint density at radius 3 is 2.72 bits per heavy atom. The number of nitrogens with zero attached hydrogens (tertiary/aromatic N) is 6. The van der Waals surface area contributed by atoms with E-state index in [9.17, 15) is 27.2 Å². The summed E-state index contributed by atoms with van der Waals surface area (Å²) in [5.41, 5.74) is 1.68. The minimum Gasteiger partial charge on any atom is -0.342 e. The van der Waals surface area contributed by atoms with Crippen LogP contribution in [-0.2, 0) is 6.54 Å². The van der Waals surface area contributed by atoms with Crippen LogP contribution in [0.4, 0.5) is 22.4 Å². The molecule has 3 fully saturated rings. The highest BCUT2D eigenvalue weighted by Gasteiger charge is 2.69. The van der Waals surface area contributed by atoms with Gasteiger partial charge in [0.05, 0.1) is 36.0 Å². The first-order valence-corrected chi connectivity index (χ1v) is 12.7. The van der Waals surface area contributed by atoms with Crippen LogP contribution in [0.3, 0.4) is 0 Å². The van der Waals surface area contributed by atoms with Crippen molar-refractivity contribution in [1.82, 2.24) is 40.4 Å². The molecule has 1 saturated heterocycles. The van der Waals surface area contributed by atoms with Crippen LogP contribution < -0.4 is 10.6 Å². The third-order valence-electron chi connectivity index (χ3n) is 8.02. The fraction of sp³-hybridized carbons (Fsp3) is 0.583. The van der Waals surface area contributed by atoms with Gasteiger partial charge in [0.15, 0.2) is 11.3 Å². The molecule has 15 heteroatoms. The number of nitrogens with one attached hydrogen (secondary N) is 2. The summed E-state index contributed by atoms with van der Waals surface area (Å²) in [6, 6.07) is 0.549. The second kappa shape index (κ2) is 9.16. The molecule has 6 rings (SSSR count). The van der Waals surface area contributed by atoms with Crippen molar-refractivity contribution in [2.24, 2.45) is 17.8 Å². The molecular formula is C24H26F4N8O3. The fourth-order valence-corrected chi connectivity index (χ4v) is 5.62. The molecular weight excluding hydrogens is 524 g/mol. The predicted octanol–water partition coefficient (Wildman–Crippen LogP) is 3.12. The minimum atomic E-state index is -2.78. The van der Waals surface area contributed by atoms with Gasteiger partial charge in [0, 0.05) is 32.5 Å². The summed E-state index contributed by atoms with van der Waals surface area (Å²) < 4.78 is 61.7. The van der Waals surface area contributed by atoms with Crippen LogP contribution in [0.5, 0.6) is 0 Å². The normalized spacial score (nSPS) is 25.1. The number of aryl methyl sites for hydroxylation is 1. The number of imidazole rings is 1. The lowest BCUT2D eigenvalue weighted by Crippen LogP contribution is -2.40. The number of fused-ring (bicyclic) bond motifs is 2. The van der Waals surface area contributed by atoms with Gasteiger partial charge < -0.3 is 15.5 Å². The summed E-state index contributed by atoms with van der Waals surface area (Å²) >= 11 is 0. The van der Waals surface area contributed by atoms with Crippen LogP contribution in [0.1, 0.15) is 59.2 Å². The number of alkyl halides is 4. The molecule has 39 heavy (non-hydrogen) atoms. The number of hydrogen-bond donors (Lipinski definition) is 2. The molecule has 208 valence electrons. The lowest BCUT2D eigenvalue weighted by Gasteiger charge is -2.33. The first kappa shape index (κ1) is 25.5. The van der Waals surface area contributed by atoms with Crippen LogP contribution in [-0.4, -0.2) is 66.7 Å². The van der Waals surface area contributed by atoms with Crippen LogP contribution in [0, 0.1) is 24.7 Å². The highest BCUT2D eigenvalue weighted by molar-refractivity contribution is 5.93. The number of urea groups is 1. The average Bonchev–Trinajstić information content (AvgIpc) is 3.20. The van der Waals surface area contributed by atoms with Crippen molar-refractivity contribution in [1.29, 1.82) is 0 Å². The number of amides is 3. The van der Waals surface area contributed by atoms with E-state index in [-0.39, 0.29) is 62.6 Å². The molecule has 1 aliphatic heterocycles. The van der Waals surface area contributed by atoms with Crippen molar-refractivity contribution in [3.05, 3.63) is 41.1 Å². The Bertz CT molecular complexity index is 1420. The fourth-order valence-electron chi connectivity index (χ4n) is 5.62. The highest BCUT2D eigenvalue weighted by atomic mass is 19.3. The van der Waals surface area contributed by atoms with Crippen molar-refractivity contribution in [3.8, 4) is 0 Å². The number of carbonyl (C=O) groups excluding carboxylic acids is 2. The zero-order valence-corrected chi connectivity index (χ0v) is 20.9. The van der Waals surface area contributed by atoms with Crippen molar-refractivity contribution < 1.29 is 31.8 Å². The molecule has 11 nitrogen and oxygen atoms in total.